The van der Waals surface area contributed by atoms with Gasteiger partial charge in [-0.25, -0.2) is 0 Å². The molecule has 0 N–H and O–H groups in total. The lowest BCUT2D eigenvalue weighted by Crippen LogP contribution is -2.51. The maximum absolute atomic E-state index is 13.8. The summed E-state index contributed by atoms with van der Waals surface area (Å²) in [7, 11) is -5.94. The third-order valence-corrected chi connectivity index (χ3v) is 17.9. The van der Waals surface area contributed by atoms with Crippen LogP contribution >= 0.6 is 0 Å². The summed E-state index contributed by atoms with van der Waals surface area (Å²) in [6.07, 6.45) is 8.23. The first-order chi connectivity index (χ1) is 17.0. The zero-order valence-electron chi connectivity index (χ0n) is 23.7. The van der Waals surface area contributed by atoms with Gasteiger partial charge in [-0.15, -0.1) is 6.58 Å². The Balaban J connectivity index is 2.33. The molecule has 1 aliphatic carbocycles. The van der Waals surface area contributed by atoms with Gasteiger partial charge >= 0.3 is 0 Å². The molecule has 1 aliphatic heterocycles. The zero-order chi connectivity index (χ0) is 26.7. The average molecular weight is 529 g/mol. The number of benzene rings is 1. The largest absolute Gasteiger partial charge is 0.375 e. The summed E-state index contributed by atoms with van der Waals surface area (Å²) in [5.74, 6) is 0. The molecule has 1 unspecified atom stereocenters. The van der Waals surface area contributed by atoms with E-state index in [4.69, 9.17) is 4.40 Å². The predicted molar refractivity (Wildman–Crippen MR) is 157 cm³/mol. The van der Waals surface area contributed by atoms with Crippen LogP contribution in [0.3, 0.4) is 0 Å². The Bertz CT molecular complexity index is 1060. The molecule has 4 nitrogen and oxygen atoms in total. The fourth-order valence-corrected chi connectivity index (χ4v) is 16.4. The van der Waals surface area contributed by atoms with Crippen LogP contribution in [0.15, 0.2) is 57.5 Å². The van der Waals surface area contributed by atoms with Crippen molar-refractivity contribution >= 4 is 23.8 Å². The van der Waals surface area contributed by atoms with E-state index >= 15 is 0 Å². The van der Waals surface area contributed by atoms with Crippen molar-refractivity contribution in [1.82, 2.24) is 4.90 Å². The fourth-order valence-electron chi connectivity index (χ4n) is 7.49. The van der Waals surface area contributed by atoms with Crippen molar-refractivity contribution < 1.29 is 8.42 Å². The van der Waals surface area contributed by atoms with Gasteiger partial charge in [0, 0.05) is 24.3 Å². The van der Waals surface area contributed by atoms with E-state index in [1.54, 1.807) is 12.1 Å². The van der Waals surface area contributed by atoms with Crippen molar-refractivity contribution in [3.63, 3.8) is 0 Å². The van der Waals surface area contributed by atoms with Gasteiger partial charge in [0.05, 0.1) is 18.7 Å². The molecule has 1 aromatic carbocycles. The third-order valence-electron chi connectivity index (χ3n) is 8.86. The minimum atomic E-state index is -3.84. The summed E-state index contributed by atoms with van der Waals surface area (Å²) in [6.45, 7) is 22.4. The van der Waals surface area contributed by atoms with Gasteiger partial charge in [-0.3, -0.25) is 0 Å². The van der Waals surface area contributed by atoms with Gasteiger partial charge in [-0.05, 0) is 63.2 Å². The number of nitrogens with zero attached hydrogens (tertiary/aromatic N) is 2. The molecule has 0 saturated carbocycles. The Morgan fingerprint density at radius 3 is 2.03 bits per heavy atom. The molecule has 0 aromatic heterocycles. The number of likely N-dealkylation sites (tertiary alicyclic amines) is 1. The zero-order valence-corrected chi connectivity index (χ0v) is 25.5. The molecule has 1 heterocycles. The van der Waals surface area contributed by atoms with Crippen molar-refractivity contribution in [3.05, 3.63) is 53.8 Å². The highest BCUT2D eigenvalue weighted by atomic mass is 32.2. The van der Waals surface area contributed by atoms with Crippen molar-refractivity contribution in [1.29, 1.82) is 0 Å². The summed E-state index contributed by atoms with van der Waals surface area (Å²) in [4.78, 5) is 2.81. The summed E-state index contributed by atoms with van der Waals surface area (Å²) < 4.78 is 32.5. The minimum Gasteiger partial charge on any atom is -0.375 e. The Hall–Kier alpha value is -1.66. The van der Waals surface area contributed by atoms with E-state index in [0.717, 1.165) is 50.0 Å². The van der Waals surface area contributed by atoms with Gasteiger partial charge < -0.3 is 4.90 Å². The molecule has 0 spiro atoms. The maximum atomic E-state index is 13.8. The monoisotopic (exact) mass is 528 g/mol. The van der Waals surface area contributed by atoms with Crippen molar-refractivity contribution in [2.45, 2.75) is 114 Å². The molecule has 2 aliphatic rings. The normalized spacial score (nSPS) is 18.7. The number of hydrogen-bond donors (Lipinski definition) is 0. The number of sulfonamides is 1. The highest BCUT2D eigenvalue weighted by Crippen LogP contribution is 2.53. The van der Waals surface area contributed by atoms with Crippen LogP contribution in [-0.2, 0) is 10.0 Å². The lowest BCUT2D eigenvalue weighted by Gasteiger charge is -2.49. The molecule has 6 heteroatoms. The van der Waals surface area contributed by atoms with E-state index in [-0.39, 0.29) is 10.4 Å². The summed E-state index contributed by atoms with van der Waals surface area (Å²) >= 11 is 0. The summed E-state index contributed by atoms with van der Waals surface area (Å²) in [6, 6.07) is 7.14. The predicted octanol–water partition coefficient (Wildman–Crippen LogP) is 8.28. The Morgan fingerprint density at radius 1 is 0.972 bits per heavy atom. The van der Waals surface area contributed by atoms with Gasteiger partial charge in [0.15, 0.2) is 0 Å². The fraction of sp³-hybridized carbons (Fsp3) is 0.633. The molecule has 200 valence electrons. The number of hydrogen-bond acceptors (Lipinski definition) is 3. The highest BCUT2D eigenvalue weighted by Gasteiger charge is 2.51. The third kappa shape index (κ3) is 5.59. The van der Waals surface area contributed by atoms with Crippen LogP contribution in [0.1, 0.15) is 85.6 Å². The second-order valence-electron chi connectivity index (χ2n) is 11.8. The molecule has 1 aromatic rings. The van der Waals surface area contributed by atoms with Crippen LogP contribution in [0.4, 0.5) is 0 Å². The van der Waals surface area contributed by atoms with Gasteiger partial charge in [0.1, 0.15) is 0 Å². The molecule has 0 bridgehead atoms. The smallest absolute Gasteiger partial charge is 0.282 e. The quantitative estimate of drug-likeness (QED) is 0.165. The van der Waals surface area contributed by atoms with Crippen LogP contribution in [-0.4, -0.2) is 40.2 Å². The number of rotatable bonds is 11. The van der Waals surface area contributed by atoms with E-state index in [1.807, 2.05) is 25.1 Å². The van der Waals surface area contributed by atoms with E-state index < -0.39 is 18.1 Å². The molecule has 0 radical (unpaired) electrons. The molecule has 1 fully saturated rings. The number of aryl methyl sites for hydroxylation is 1. The molecular formula is C30H48N2O2SSi. The van der Waals surface area contributed by atoms with Crippen LogP contribution < -0.4 is 0 Å². The molecule has 0 amide bonds. The highest BCUT2D eigenvalue weighted by molar-refractivity contribution is 7.90. The van der Waals surface area contributed by atoms with Crippen LogP contribution in [0.25, 0.3) is 0 Å². The first kappa shape index (κ1) is 28.9. The minimum absolute atomic E-state index is 0.112. The standard InChI is InChI=1S/C30H48N2O2SSi/c1-9-13-29(36(22(2)3,23(4)5)24(6)7)30(27-14-12-15-28(27)32-20-10-11-21-32)31-35(33,34)26-18-16-25(8)17-19-26/h9,16-19,22-24,29H,1,10-15,20-21H2,2-8H3/b31-30+. The lowest BCUT2D eigenvalue weighted by atomic mass is 10.0. The van der Waals surface area contributed by atoms with Crippen molar-refractivity contribution in [2.75, 3.05) is 13.1 Å². The number of allylic oxidation sites excluding steroid dienone is 3. The average Bonchev–Trinajstić information content (AvgIpc) is 3.49. The molecular weight excluding hydrogens is 480 g/mol. The first-order valence-electron chi connectivity index (χ1n) is 14.0. The van der Waals surface area contributed by atoms with E-state index in [0.29, 0.717) is 16.6 Å². The van der Waals surface area contributed by atoms with Crippen LogP contribution in [0, 0.1) is 6.92 Å². The molecule has 1 saturated heterocycles. The Labute approximate surface area is 222 Å². The van der Waals surface area contributed by atoms with Crippen molar-refractivity contribution in [3.8, 4) is 0 Å². The first-order valence-corrected chi connectivity index (χ1v) is 17.7. The van der Waals surface area contributed by atoms with Gasteiger partial charge in [-0.2, -0.15) is 12.8 Å². The van der Waals surface area contributed by atoms with E-state index in [9.17, 15) is 8.42 Å². The summed E-state index contributed by atoms with van der Waals surface area (Å²) in [5, 5.41) is 0. The van der Waals surface area contributed by atoms with E-state index in [1.165, 1.54) is 24.1 Å². The van der Waals surface area contributed by atoms with Gasteiger partial charge in [-0.1, -0.05) is 81.9 Å². The molecule has 36 heavy (non-hydrogen) atoms. The van der Waals surface area contributed by atoms with Gasteiger partial charge in [0.25, 0.3) is 10.0 Å². The SMILES string of the molecule is C=CCC(/C(=N/S(=O)(=O)c1ccc(C)cc1)C1=C(N2CCCC2)CCC1)[Si](C(C)C)(C(C)C)C(C)C. The second-order valence-corrected chi connectivity index (χ2v) is 19.5. The van der Waals surface area contributed by atoms with Crippen LogP contribution in [0.5, 0.6) is 0 Å². The van der Waals surface area contributed by atoms with Gasteiger partial charge in [0.2, 0.25) is 0 Å². The molecule has 1 atom stereocenters. The Kier molecular flexibility index (Phi) is 9.48. The summed E-state index contributed by atoms with van der Waals surface area (Å²) in [5.41, 5.74) is 6.07. The Morgan fingerprint density at radius 2 is 1.53 bits per heavy atom. The second kappa shape index (κ2) is 11.8. The van der Waals surface area contributed by atoms with E-state index in [2.05, 4.69) is 53.0 Å². The van der Waals surface area contributed by atoms with Crippen LogP contribution in [0.2, 0.25) is 22.2 Å². The van der Waals surface area contributed by atoms with Crippen molar-refractivity contribution in [2.24, 2.45) is 4.40 Å². The lowest BCUT2D eigenvalue weighted by molar-refractivity contribution is 0.414. The maximum Gasteiger partial charge on any atom is 0.282 e. The topological polar surface area (TPSA) is 49.7 Å². The molecule has 3 rings (SSSR count).